The summed E-state index contributed by atoms with van der Waals surface area (Å²) in [5.74, 6) is 15.9. The van der Waals surface area contributed by atoms with Gasteiger partial charge in [-0.3, -0.25) is 0 Å². The number of allylic oxidation sites excluding steroid dienone is 2. The smallest absolute Gasteiger partial charge is 0.0234 e. The molecule has 0 spiro atoms. The molecule has 18 aliphatic carbocycles. The zero-order valence-corrected chi connectivity index (χ0v) is 40.4. The molecule has 0 nitrogen and oxygen atoms in total. The second kappa shape index (κ2) is 25.4. The van der Waals surface area contributed by atoms with E-state index in [1.54, 1.807) is 173 Å². The van der Waals surface area contributed by atoms with Crippen molar-refractivity contribution in [1.82, 2.24) is 0 Å². The number of fused-ring (bicyclic) bond motifs is 17. The molecule has 16 saturated carbocycles. The van der Waals surface area contributed by atoms with Crippen LogP contribution in [0.3, 0.4) is 0 Å². The van der Waals surface area contributed by atoms with Crippen LogP contribution in [-0.2, 0) is 0 Å². The van der Waals surface area contributed by atoms with Gasteiger partial charge in [0, 0.05) is 0 Å². The van der Waals surface area contributed by atoms with Gasteiger partial charge in [0.25, 0.3) is 0 Å². The minimum absolute atomic E-state index is 0.941. The maximum absolute atomic E-state index is 2.48. The monoisotopic (exact) mass is 825 g/mol. The molecule has 18 aliphatic rings. The first kappa shape index (κ1) is 46.3. The van der Waals surface area contributed by atoms with Gasteiger partial charge in [0.05, 0.1) is 0 Å². The highest BCUT2D eigenvalue weighted by molar-refractivity contribution is 4.94. The fourth-order valence-corrected chi connectivity index (χ4v) is 16.8. The van der Waals surface area contributed by atoms with Crippen molar-refractivity contribution in [3.8, 4) is 0 Å². The molecule has 344 valence electrons. The largest absolute Gasteiger partial charge is 0.0880 e. The Hall–Kier alpha value is -0.260. The molecule has 0 saturated heterocycles. The van der Waals surface area contributed by atoms with E-state index < -0.39 is 0 Å². The van der Waals surface area contributed by atoms with Gasteiger partial charge in [0.1, 0.15) is 0 Å². The number of rotatable bonds is 0. The number of hydrogen-bond donors (Lipinski definition) is 0. The maximum Gasteiger partial charge on any atom is -0.0234 e. The summed E-state index contributed by atoms with van der Waals surface area (Å²) in [5, 5.41) is 0. The molecule has 0 radical (unpaired) electrons. The summed E-state index contributed by atoms with van der Waals surface area (Å²) in [6.07, 6.45) is 72.8. The second-order valence-corrected chi connectivity index (χ2v) is 25.3. The topological polar surface area (TPSA) is 0 Å². The number of hydrogen-bond acceptors (Lipinski definition) is 0. The highest BCUT2D eigenvalue weighted by atomic mass is 14.5. The van der Waals surface area contributed by atoms with Gasteiger partial charge in [-0.05, 0) is 147 Å². The predicted octanol–water partition coefficient (Wildman–Crippen LogP) is 19.4. The van der Waals surface area contributed by atoms with Gasteiger partial charge in [0.2, 0.25) is 0 Å². The highest BCUT2D eigenvalue weighted by Crippen LogP contribution is 2.53. The van der Waals surface area contributed by atoms with Crippen molar-refractivity contribution in [2.24, 2.45) is 82.9 Å². The van der Waals surface area contributed by atoms with E-state index in [0.717, 1.165) is 47.3 Å². The van der Waals surface area contributed by atoms with Gasteiger partial charge >= 0.3 is 0 Å². The molecule has 0 heteroatoms. The second-order valence-electron chi connectivity index (χ2n) is 25.3. The van der Waals surface area contributed by atoms with E-state index in [-0.39, 0.29) is 0 Å². The molecular formula is C60H104. The molecule has 0 aliphatic heterocycles. The average Bonchev–Trinajstić information content (AvgIpc) is 3.95. The molecule has 0 N–H and O–H groups in total. The zero-order valence-electron chi connectivity index (χ0n) is 40.4. The van der Waals surface area contributed by atoms with Crippen LogP contribution in [0.1, 0.15) is 283 Å². The van der Waals surface area contributed by atoms with Crippen molar-refractivity contribution >= 4 is 0 Å². The van der Waals surface area contributed by atoms with E-state index >= 15 is 0 Å². The van der Waals surface area contributed by atoms with Crippen LogP contribution in [0.15, 0.2) is 12.2 Å². The Labute approximate surface area is 376 Å². The van der Waals surface area contributed by atoms with Crippen molar-refractivity contribution < 1.29 is 0 Å². The lowest BCUT2D eigenvalue weighted by atomic mass is 9.56. The van der Waals surface area contributed by atoms with E-state index in [9.17, 15) is 0 Å². The molecule has 0 atom stereocenters. The fourth-order valence-electron chi connectivity index (χ4n) is 16.8. The molecule has 0 amide bonds. The predicted molar refractivity (Wildman–Crippen MR) is 261 cm³/mol. The Morgan fingerprint density at radius 1 is 0.200 bits per heavy atom. The SMILES string of the molecule is C1=CC2CCCC(C1)CCC2.C1C2CC3CC1CC(C2)C3.C1CC1.C1CC2CCC1C2.C1CC2CCC1CC2.C1CC2CCCC(C1)CCC2.C1CCC2CCCCC2C1. The van der Waals surface area contributed by atoms with Crippen LogP contribution in [0.2, 0.25) is 0 Å². The van der Waals surface area contributed by atoms with Crippen molar-refractivity contribution in [3.05, 3.63) is 12.2 Å². The quantitative estimate of drug-likeness (QED) is 0.214. The van der Waals surface area contributed by atoms with E-state index in [0.29, 0.717) is 0 Å². The first-order chi connectivity index (χ1) is 29.7. The van der Waals surface area contributed by atoms with Crippen molar-refractivity contribution in [1.29, 1.82) is 0 Å². The van der Waals surface area contributed by atoms with Crippen LogP contribution < -0.4 is 0 Å². The Balaban J connectivity index is 0.0000000987. The summed E-state index contributed by atoms with van der Waals surface area (Å²) < 4.78 is 0. The molecule has 12 bridgehead atoms. The lowest BCUT2D eigenvalue weighted by Crippen LogP contribution is -2.38. The first-order valence-corrected chi connectivity index (χ1v) is 29.3. The zero-order chi connectivity index (χ0) is 40.6. The summed E-state index contributed by atoms with van der Waals surface area (Å²) in [5.41, 5.74) is 0. The van der Waals surface area contributed by atoms with Crippen LogP contribution in [0.5, 0.6) is 0 Å². The first-order valence-electron chi connectivity index (χ1n) is 29.3. The van der Waals surface area contributed by atoms with E-state index in [1.807, 2.05) is 0 Å². The third kappa shape index (κ3) is 16.0. The Morgan fingerprint density at radius 3 is 0.783 bits per heavy atom. The third-order valence-corrected chi connectivity index (χ3v) is 20.3. The van der Waals surface area contributed by atoms with Crippen LogP contribution in [-0.4, -0.2) is 0 Å². The van der Waals surface area contributed by atoms with E-state index in [2.05, 4.69) is 12.2 Å². The Morgan fingerprint density at radius 2 is 0.483 bits per heavy atom. The lowest BCUT2D eigenvalue weighted by Gasteiger charge is -2.49. The molecule has 0 unspecified atom stereocenters. The lowest BCUT2D eigenvalue weighted by molar-refractivity contribution is 0.0198. The molecule has 18 rings (SSSR count). The van der Waals surface area contributed by atoms with Gasteiger partial charge in [0.15, 0.2) is 0 Å². The standard InChI is InChI=1S/C11H20.C11H18.C10H16.C10H18.C8H14.C7H12.C3H6/c2*1-4-10-6-2-7-11(5-1)9-3-8-10;1-7-2-9-4-8(1)5-10(3-7)6-9;1-2-6-10-8-4-3-7-9(10)5-1;1-2-8-5-3-7(1)4-6-8;1-2-7-4-3-6(1)5-7;1-2-3-1/h10-11H,1-9H2;1,4,10-11H,2-3,5-9H2;7-10H,1-6H2;9-10H,1-8H2;7-8H,1-6H2;6-7H,1-5H2;1-3H2. The molecule has 0 aromatic heterocycles. The normalized spacial score (nSPS) is 43.3. The van der Waals surface area contributed by atoms with E-state index in [1.165, 1.54) is 145 Å². The summed E-state index contributed by atoms with van der Waals surface area (Å²) in [4.78, 5) is 0. The molecule has 0 aromatic carbocycles. The van der Waals surface area contributed by atoms with Crippen LogP contribution in [0, 0.1) is 82.9 Å². The molecular weight excluding hydrogens is 721 g/mol. The minimum Gasteiger partial charge on any atom is -0.0880 e. The summed E-state index contributed by atoms with van der Waals surface area (Å²) in [6.45, 7) is 0. The average molecular weight is 825 g/mol. The van der Waals surface area contributed by atoms with Crippen LogP contribution >= 0.6 is 0 Å². The van der Waals surface area contributed by atoms with Gasteiger partial charge in [-0.2, -0.15) is 0 Å². The fraction of sp³-hybridized carbons (Fsp3) is 0.967. The van der Waals surface area contributed by atoms with Crippen molar-refractivity contribution in [2.75, 3.05) is 0 Å². The third-order valence-electron chi connectivity index (χ3n) is 20.3. The van der Waals surface area contributed by atoms with Crippen LogP contribution in [0.4, 0.5) is 0 Å². The molecule has 0 heterocycles. The van der Waals surface area contributed by atoms with E-state index in [4.69, 9.17) is 0 Å². The Kier molecular flexibility index (Phi) is 19.6. The minimum atomic E-state index is 0.941. The maximum atomic E-state index is 2.48. The summed E-state index contributed by atoms with van der Waals surface area (Å²) in [6, 6.07) is 0. The van der Waals surface area contributed by atoms with Gasteiger partial charge in [-0.25, -0.2) is 0 Å². The summed E-state index contributed by atoms with van der Waals surface area (Å²) in [7, 11) is 0. The summed E-state index contributed by atoms with van der Waals surface area (Å²) >= 11 is 0. The Bertz CT molecular complexity index is 996. The van der Waals surface area contributed by atoms with Gasteiger partial charge in [-0.1, -0.05) is 230 Å². The highest BCUT2D eigenvalue weighted by Gasteiger charge is 2.42. The molecule has 0 aromatic rings. The molecule has 16 fully saturated rings. The van der Waals surface area contributed by atoms with Gasteiger partial charge in [-0.15, -0.1) is 0 Å². The van der Waals surface area contributed by atoms with Crippen molar-refractivity contribution in [2.45, 2.75) is 283 Å². The van der Waals surface area contributed by atoms with Crippen molar-refractivity contribution in [3.63, 3.8) is 0 Å². The molecule has 60 heavy (non-hydrogen) atoms. The van der Waals surface area contributed by atoms with Gasteiger partial charge < -0.3 is 0 Å². The van der Waals surface area contributed by atoms with Crippen LogP contribution in [0.25, 0.3) is 0 Å².